The molecule has 0 saturated heterocycles. The summed E-state index contributed by atoms with van der Waals surface area (Å²) in [5, 5.41) is 9.91. The van der Waals surface area contributed by atoms with Gasteiger partial charge >= 0.3 is 5.97 Å². The molecular formula is C14H23Cl2N3O2S. The number of ether oxygens (including phenoxy) is 1. The molecule has 0 saturated carbocycles. The summed E-state index contributed by atoms with van der Waals surface area (Å²) in [6.07, 6.45) is 1.32. The zero-order chi connectivity index (χ0) is 14.6. The normalized spacial score (nSPS) is 10.8. The zero-order valence-corrected chi connectivity index (χ0v) is 14.6. The van der Waals surface area contributed by atoms with Gasteiger partial charge in [-0.05, 0) is 5.56 Å². The van der Waals surface area contributed by atoms with Crippen molar-refractivity contribution in [3.8, 4) is 0 Å². The smallest absolute Gasteiger partial charge is 0.324 e. The Kier molecular flexibility index (Phi) is 16.1. The summed E-state index contributed by atoms with van der Waals surface area (Å²) in [5.41, 5.74) is 6.73. The summed E-state index contributed by atoms with van der Waals surface area (Å²) in [7, 11) is 0. The predicted molar refractivity (Wildman–Crippen MR) is 97.7 cm³/mol. The molecule has 0 heterocycles. The van der Waals surface area contributed by atoms with E-state index < -0.39 is 6.04 Å². The monoisotopic (exact) mass is 367 g/mol. The third-order valence-corrected chi connectivity index (χ3v) is 3.58. The van der Waals surface area contributed by atoms with Crippen molar-refractivity contribution in [1.82, 2.24) is 5.32 Å². The van der Waals surface area contributed by atoms with E-state index in [9.17, 15) is 4.79 Å². The Morgan fingerprint density at radius 2 is 2.05 bits per heavy atom. The molecule has 1 rings (SSSR count). The third kappa shape index (κ3) is 10.9. The van der Waals surface area contributed by atoms with Crippen LogP contribution >= 0.6 is 36.6 Å². The average Bonchev–Trinajstić information content (AvgIpc) is 2.49. The minimum Gasteiger partial charge on any atom is -0.460 e. The molecule has 0 spiro atoms. The minimum atomic E-state index is -0.591. The lowest BCUT2D eigenvalue weighted by Gasteiger charge is -2.11. The van der Waals surface area contributed by atoms with Crippen LogP contribution in [0.5, 0.6) is 0 Å². The van der Waals surface area contributed by atoms with Crippen molar-refractivity contribution in [2.75, 3.05) is 24.6 Å². The van der Waals surface area contributed by atoms with Crippen LogP contribution < -0.4 is 11.1 Å². The van der Waals surface area contributed by atoms with E-state index in [-0.39, 0.29) is 37.4 Å². The Bertz CT molecular complexity index is 410. The number of hydrogen-bond acceptors (Lipinski definition) is 6. The van der Waals surface area contributed by atoms with E-state index in [1.807, 2.05) is 30.3 Å². The second kappa shape index (κ2) is 15.1. The van der Waals surface area contributed by atoms with E-state index in [0.29, 0.717) is 12.3 Å². The van der Waals surface area contributed by atoms with Crippen LogP contribution in [0.25, 0.3) is 0 Å². The topological polar surface area (TPSA) is 88.2 Å². The van der Waals surface area contributed by atoms with Gasteiger partial charge in [-0.2, -0.15) is 11.8 Å². The quantitative estimate of drug-likeness (QED) is 0.333. The molecule has 8 heteroatoms. The Balaban J connectivity index is 0. The molecule has 0 aliphatic rings. The van der Waals surface area contributed by atoms with Gasteiger partial charge in [-0.25, -0.2) is 0 Å². The summed E-state index contributed by atoms with van der Waals surface area (Å²) in [6.45, 7) is 1.64. The maximum atomic E-state index is 11.7. The summed E-state index contributed by atoms with van der Waals surface area (Å²) in [6, 6.07) is 8.94. The Morgan fingerprint density at radius 1 is 1.36 bits per heavy atom. The molecule has 22 heavy (non-hydrogen) atoms. The van der Waals surface area contributed by atoms with Gasteiger partial charge in [0, 0.05) is 30.8 Å². The molecule has 0 aromatic heterocycles. The van der Waals surface area contributed by atoms with Crippen LogP contribution in [0, 0.1) is 5.41 Å². The predicted octanol–water partition coefficient (Wildman–Crippen LogP) is 1.87. The van der Waals surface area contributed by atoms with Crippen molar-refractivity contribution in [3.63, 3.8) is 0 Å². The Morgan fingerprint density at radius 3 is 2.68 bits per heavy atom. The minimum absolute atomic E-state index is 0. The lowest BCUT2D eigenvalue weighted by molar-refractivity contribution is -0.145. The van der Waals surface area contributed by atoms with Gasteiger partial charge in [-0.15, -0.1) is 24.8 Å². The first-order valence-corrected chi connectivity index (χ1v) is 7.63. The van der Waals surface area contributed by atoms with Gasteiger partial charge in [0.25, 0.3) is 0 Å². The second-order valence-electron chi connectivity index (χ2n) is 4.18. The highest BCUT2D eigenvalue weighted by molar-refractivity contribution is 7.99. The van der Waals surface area contributed by atoms with Crippen molar-refractivity contribution < 1.29 is 9.53 Å². The highest BCUT2D eigenvalue weighted by atomic mass is 35.5. The first kappa shape index (κ1) is 23.5. The van der Waals surface area contributed by atoms with Crippen molar-refractivity contribution in [2.24, 2.45) is 5.73 Å². The zero-order valence-electron chi connectivity index (χ0n) is 12.2. The highest BCUT2D eigenvalue weighted by Gasteiger charge is 2.14. The van der Waals surface area contributed by atoms with E-state index >= 15 is 0 Å². The fourth-order valence-electron chi connectivity index (χ4n) is 1.43. The Hall–Kier alpha value is -0.790. The van der Waals surface area contributed by atoms with Crippen LogP contribution in [0.15, 0.2) is 30.3 Å². The van der Waals surface area contributed by atoms with Crippen LogP contribution in [0.1, 0.15) is 5.56 Å². The van der Waals surface area contributed by atoms with Gasteiger partial charge in [0.15, 0.2) is 0 Å². The molecule has 0 radical (unpaired) electrons. The summed E-state index contributed by atoms with van der Waals surface area (Å²) >= 11 is 1.60. The summed E-state index contributed by atoms with van der Waals surface area (Å²) in [4.78, 5) is 11.7. The fourth-order valence-corrected chi connectivity index (χ4v) is 2.28. The van der Waals surface area contributed by atoms with Gasteiger partial charge < -0.3 is 21.2 Å². The van der Waals surface area contributed by atoms with Gasteiger partial charge in [-0.3, -0.25) is 4.79 Å². The van der Waals surface area contributed by atoms with Gasteiger partial charge in [-0.1, -0.05) is 30.3 Å². The number of carbonyl (C=O) groups is 1. The lowest BCUT2D eigenvalue weighted by atomic mass is 10.2. The number of halogens is 2. The molecule has 0 bridgehead atoms. The number of thioether (sulfide) groups is 1. The molecule has 1 unspecified atom stereocenters. The standard InChI is InChI=1S/C14H21N3O2S.2ClH/c15-6-7-17-8-9-20-11-13(16)14(18)19-10-12-4-2-1-3-5-12;;/h1-6,13,15,17H,7-11,16H2;2*1H. The summed E-state index contributed by atoms with van der Waals surface area (Å²) in [5.74, 6) is 1.03. The van der Waals surface area contributed by atoms with Gasteiger partial charge in [0.2, 0.25) is 0 Å². The van der Waals surface area contributed by atoms with Crippen LogP contribution in [-0.2, 0) is 16.1 Å². The first-order chi connectivity index (χ1) is 9.74. The van der Waals surface area contributed by atoms with E-state index in [1.54, 1.807) is 11.8 Å². The molecule has 1 aromatic carbocycles. The van der Waals surface area contributed by atoms with E-state index in [0.717, 1.165) is 17.9 Å². The maximum absolute atomic E-state index is 11.7. The van der Waals surface area contributed by atoms with Gasteiger partial charge in [0.05, 0.1) is 0 Å². The number of esters is 1. The van der Waals surface area contributed by atoms with Crippen LogP contribution in [0.4, 0.5) is 0 Å². The molecule has 4 N–H and O–H groups in total. The number of nitrogens with one attached hydrogen (secondary N) is 2. The maximum Gasteiger partial charge on any atom is 0.324 e. The first-order valence-electron chi connectivity index (χ1n) is 6.47. The number of rotatable bonds is 10. The SMILES string of the molecule is Cl.Cl.N=CCNCCSCC(N)C(=O)OCc1ccccc1. The summed E-state index contributed by atoms with van der Waals surface area (Å²) < 4.78 is 5.16. The molecule has 0 fully saturated rings. The lowest BCUT2D eigenvalue weighted by Crippen LogP contribution is -2.35. The molecule has 5 nitrogen and oxygen atoms in total. The van der Waals surface area contributed by atoms with E-state index in [1.165, 1.54) is 6.21 Å². The molecule has 126 valence electrons. The molecule has 0 aliphatic heterocycles. The third-order valence-electron chi connectivity index (χ3n) is 2.49. The van der Waals surface area contributed by atoms with Gasteiger partial charge in [0.1, 0.15) is 12.6 Å². The largest absolute Gasteiger partial charge is 0.460 e. The van der Waals surface area contributed by atoms with E-state index in [4.69, 9.17) is 15.9 Å². The molecule has 1 aromatic rings. The number of benzene rings is 1. The van der Waals surface area contributed by atoms with Crippen LogP contribution in [-0.4, -0.2) is 42.8 Å². The highest BCUT2D eigenvalue weighted by Crippen LogP contribution is 2.05. The molecular weight excluding hydrogens is 345 g/mol. The Labute approximate surface area is 148 Å². The van der Waals surface area contributed by atoms with Crippen molar-refractivity contribution >= 4 is 48.8 Å². The van der Waals surface area contributed by atoms with Crippen LogP contribution in [0.3, 0.4) is 0 Å². The van der Waals surface area contributed by atoms with Crippen molar-refractivity contribution in [3.05, 3.63) is 35.9 Å². The van der Waals surface area contributed by atoms with Crippen LogP contribution in [0.2, 0.25) is 0 Å². The molecule has 0 amide bonds. The number of hydrogen-bond donors (Lipinski definition) is 3. The molecule has 1 atom stereocenters. The fraction of sp³-hybridized carbons (Fsp3) is 0.429. The second-order valence-corrected chi connectivity index (χ2v) is 5.33. The average molecular weight is 368 g/mol. The van der Waals surface area contributed by atoms with E-state index in [2.05, 4.69) is 5.32 Å². The number of nitrogens with two attached hydrogens (primary N) is 1. The van der Waals surface area contributed by atoms with Crippen molar-refractivity contribution in [1.29, 1.82) is 5.41 Å². The van der Waals surface area contributed by atoms with Crippen molar-refractivity contribution in [2.45, 2.75) is 12.6 Å². The molecule has 0 aliphatic carbocycles. The number of carbonyl (C=O) groups excluding carboxylic acids is 1.